The maximum Gasteiger partial charge on any atom is 0.00791 e. The summed E-state index contributed by atoms with van der Waals surface area (Å²) < 4.78 is 0. The molecule has 1 heterocycles. The van der Waals surface area contributed by atoms with Gasteiger partial charge in [-0.25, -0.2) is 0 Å². The van der Waals surface area contributed by atoms with Crippen LogP contribution in [0.25, 0.3) is 0 Å². The maximum atomic E-state index is 2.58. The van der Waals surface area contributed by atoms with Gasteiger partial charge in [0.2, 0.25) is 0 Å². The summed E-state index contributed by atoms with van der Waals surface area (Å²) in [5.41, 5.74) is 1.86. The summed E-state index contributed by atoms with van der Waals surface area (Å²) >= 11 is 0. The van der Waals surface area contributed by atoms with Gasteiger partial charge in [-0.1, -0.05) is 37.3 Å². The van der Waals surface area contributed by atoms with Crippen molar-refractivity contribution in [3.05, 3.63) is 35.9 Å². The van der Waals surface area contributed by atoms with E-state index in [1.807, 2.05) is 0 Å². The first-order valence-electron chi connectivity index (χ1n) is 5.91. The summed E-state index contributed by atoms with van der Waals surface area (Å²) in [6.07, 6.45) is 1.29. The molecule has 1 unspecified atom stereocenters. The summed E-state index contributed by atoms with van der Waals surface area (Å²) in [4.78, 5) is 2.58. The van der Waals surface area contributed by atoms with E-state index in [4.69, 9.17) is 0 Å². The lowest BCUT2D eigenvalue weighted by molar-refractivity contribution is 0.260. The van der Waals surface area contributed by atoms with Crippen LogP contribution < -0.4 is 0 Å². The number of hydrogen-bond donors (Lipinski definition) is 0. The van der Waals surface area contributed by atoms with Gasteiger partial charge in [0, 0.05) is 18.0 Å². The minimum Gasteiger partial charge on any atom is -0.300 e. The van der Waals surface area contributed by atoms with E-state index in [1.54, 1.807) is 0 Å². The Morgan fingerprint density at radius 2 is 1.87 bits per heavy atom. The predicted molar refractivity (Wildman–Crippen MR) is 65.1 cm³/mol. The fraction of sp³-hybridized carbons (Fsp3) is 0.571. The second-order valence-corrected chi connectivity index (χ2v) is 5.24. The third-order valence-corrected chi connectivity index (χ3v) is 3.70. The number of hydrogen-bond acceptors (Lipinski definition) is 1. The van der Waals surface area contributed by atoms with Crippen LogP contribution in [0.15, 0.2) is 30.3 Å². The van der Waals surface area contributed by atoms with Crippen molar-refractivity contribution < 1.29 is 0 Å². The van der Waals surface area contributed by atoms with Crippen molar-refractivity contribution in [3.8, 4) is 0 Å². The van der Waals surface area contributed by atoms with Crippen LogP contribution in [0, 0.1) is 0 Å². The zero-order valence-electron chi connectivity index (χ0n) is 10.0. The van der Waals surface area contributed by atoms with Gasteiger partial charge in [0.25, 0.3) is 0 Å². The first-order valence-corrected chi connectivity index (χ1v) is 5.91. The van der Waals surface area contributed by atoms with Crippen molar-refractivity contribution >= 4 is 0 Å². The molecule has 1 saturated heterocycles. The van der Waals surface area contributed by atoms with Crippen LogP contribution in [0.3, 0.4) is 0 Å². The van der Waals surface area contributed by atoms with Crippen LogP contribution in [0.5, 0.6) is 0 Å². The summed E-state index contributed by atoms with van der Waals surface area (Å²) in [5, 5.41) is 0. The molecule has 15 heavy (non-hydrogen) atoms. The average Bonchev–Trinajstić information content (AvgIpc) is 2.64. The van der Waals surface area contributed by atoms with E-state index in [0.717, 1.165) is 0 Å². The third-order valence-electron chi connectivity index (χ3n) is 3.70. The molecule has 1 fully saturated rings. The van der Waals surface area contributed by atoms with Crippen molar-refractivity contribution in [3.63, 3.8) is 0 Å². The van der Waals surface area contributed by atoms with E-state index in [9.17, 15) is 0 Å². The summed E-state index contributed by atoms with van der Waals surface area (Å²) in [6.45, 7) is 9.41. The highest BCUT2D eigenvalue weighted by molar-refractivity contribution is 5.26. The Morgan fingerprint density at radius 1 is 1.20 bits per heavy atom. The Balaban J connectivity index is 2.17. The van der Waals surface area contributed by atoms with E-state index in [2.05, 4.69) is 56.0 Å². The molecule has 0 radical (unpaired) electrons. The Kier molecular flexibility index (Phi) is 2.83. The molecule has 0 N–H and O–H groups in total. The predicted octanol–water partition coefficient (Wildman–Crippen LogP) is 3.06. The topological polar surface area (TPSA) is 3.24 Å². The largest absolute Gasteiger partial charge is 0.300 e. The lowest BCUT2D eigenvalue weighted by Crippen LogP contribution is -2.32. The number of rotatable bonds is 2. The van der Waals surface area contributed by atoms with Crippen molar-refractivity contribution in [2.75, 3.05) is 13.1 Å². The Bertz CT molecular complexity index is 317. The quantitative estimate of drug-likeness (QED) is 0.714. The minimum atomic E-state index is 0.367. The first kappa shape index (κ1) is 10.7. The molecule has 0 bridgehead atoms. The van der Waals surface area contributed by atoms with Gasteiger partial charge in [0.05, 0.1) is 0 Å². The Morgan fingerprint density at radius 3 is 2.40 bits per heavy atom. The number of benzene rings is 1. The molecule has 1 aromatic carbocycles. The lowest BCUT2D eigenvalue weighted by atomic mass is 9.82. The molecular weight excluding hydrogens is 182 g/mol. The highest BCUT2D eigenvalue weighted by Crippen LogP contribution is 2.34. The molecule has 1 aliphatic rings. The van der Waals surface area contributed by atoms with E-state index in [0.29, 0.717) is 11.5 Å². The molecule has 1 aliphatic heterocycles. The van der Waals surface area contributed by atoms with E-state index in [-0.39, 0.29) is 0 Å². The summed E-state index contributed by atoms with van der Waals surface area (Å²) in [6, 6.07) is 11.6. The summed E-state index contributed by atoms with van der Waals surface area (Å²) in [5.74, 6) is 0. The SMILES string of the molecule is CC(C)N1CCC(C)(c2ccccc2)C1. The van der Waals surface area contributed by atoms with E-state index >= 15 is 0 Å². The normalized spacial score (nSPS) is 27.5. The molecule has 0 spiro atoms. The molecule has 2 rings (SSSR count). The number of likely N-dealkylation sites (tertiary alicyclic amines) is 1. The fourth-order valence-corrected chi connectivity index (χ4v) is 2.51. The molecule has 1 aromatic rings. The van der Waals surface area contributed by atoms with Gasteiger partial charge >= 0.3 is 0 Å². The first-order chi connectivity index (χ1) is 7.12. The van der Waals surface area contributed by atoms with E-state index < -0.39 is 0 Å². The lowest BCUT2D eigenvalue weighted by Gasteiger charge is -2.27. The van der Waals surface area contributed by atoms with Gasteiger partial charge in [-0.05, 0) is 32.4 Å². The van der Waals surface area contributed by atoms with Gasteiger partial charge in [0.15, 0.2) is 0 Å². The monoisotopic (exact) mass is 203 g/mol. The van der Waals surface area contributed by atoms with Crippen LogP contribution in [-0.2, 0) is 5.41 Å². The van der Waals surface area contributed by atoms with Crippen LogP contribution >= 0.6 is 0 Å². The third kappa shape index (κ3) is 2.07. The molecule has 0 aromatic heterocycles. The Labute approximate surface area is 93.1 Å². The van der Waals surface area contributed by atoms with Crippen LogP contribution in [0.4, 0.5) is 0 Å². The molecule has 1 nitrogen and oxygen atoms in total. The molecule has 1 heteroatoms. The average molecular weight is 203 g/mol. The van der Waals surface area contributed by atoms with Crippen LogP contribution in [0.1, 0.15) is 32.8 Å². The summed E-state index contributed by atoms with van der Waals surface area (Å²) in [7, 11) is 0. The van der Waals surface area contributed by atoms with Crippen molar-refractivity contribution in [1.82, 2.24) is 4.90 Å². The maximum absolute atomic E-state index is 2.58. The smallest absolute Gasteiger partial charge is 0.00791 e. The van der Waals surface area contributed by atoms with Gasteiger partial charge in [-0.2, -0.15) is 0 Å². The second kappa shape index (κ2) is 3.97. The van der Waals surface area contributed by atoms with E-state index in [1.165, 1.54) is 25.1 Å². The molecule has 0 amide bonds. The highest BCUT2D eigenvalue weighted by Gasteiger charge is 2.35. The van der Waals surface area contributed by atoms with Crippen LogP contribution in [0.2, 0.25) is 0 Å². The molecule has 0 aliphatic carbocycles. The van der Waals surface area contributed by atoms with Gasteiger partial charge in [0.1, 0.15) is 0 Å². The second-order valence-electron chi connectivity index (χ2n) is 5.24. The minimum absolute atomic E-state index is 0.367. The fourth-order valence-electron chi connectivity index (χ4n) is 2.51. The molecule has 82 valence electrons. The van der Waals surface area contributed by atoms with Crippen molar-refractivity contribution in [2.45, 2.75) is 38.6 Å². The zero-order chi connectivity index (χ0) is 10.9. The molecule has 1 atom stereocenters. The van der Waals surface area contributed by atoms with Gasteiger partial charge in [-0.3, -0.25) is 0 Å². The van der Waals surface area contributed by atoms with Crippen LogP contribution in [-0.4, -0.2) is 24.0 Å². The molecule has 0 saturated carbocycles. The van der Waals surface area contributed by atoms with Crippen molar-refractivity contribution in [2.24, 2.45) is 0 Å². The molecular formula is C14H21N. The van der Waals surface area contributed by atoms with Gasteiger partial charge < -0.3 is 4.90 Å². The Hall–Kier alpha value is -0.820. The standard InChI is InChI=1S/C14H21N/c1-12(2)15-10-9-14(3,11-15)13-7-5-4-6-8-13/h4-8,12H,9-11H2,1-3H3. The van der Waals surface area contributed by atoms with Crippen molar-refractivity contribution in [1.29, 1.82) is 0 Å². The van der Waals surface area contributed by atoms with Gasteiger partial charge in [-0.15, -0.1) is 0 Å². The highest BCUT2D eigenvalue weighted by atomic mass is 15.2. The number of nitrogens with zero attached hydrogens (tertiary/aromatic N) is 1. The zero-order valence-corrected chi connectivity index (χ0v) is 10.0.